The van der Waals surface area contributed by atoms with Gasteiger partial charge in [0.2, 0.25) is 5.91 Å². The first-order chi connectivity index (χ1) is 12.1. The van der Waals surface area contributed by atoms with Crippen molar-refractivity contribution >= 4 is 11.5 Å². The molecule has 2 aliphatic rings. The summed E-state index contributed by atoms with van der Waals surface area (Å²) in [6.07, 6.45) is 3.85. The molecule has 1 saturated heterocycles. The summed E-state index contributed by atoms with van der Waals surface area (Å²) in [6.45, 7) is 1.77. The van der Waals surface area contributed by atoms with E-state index in [9.17, 15) is 9.90 Å². The van der Waals surface area contributed by atoms with E-state index in [1.54, 1.807) is 24.3 Å². The lowest BCUT2D eigenvalue weighted by Gasteiger charge is -2.40. The molecule has 0 aromatic heterocycles. The van der Waals surface area contributed by atoms with Crippen LogP contribution in [0.1, 0.15) is 34.3 Å². The van der Waals surface area contributed by atoms with Gasteiger partial charge in [-0.1, -0.05) is 18.2 Å². The third-order valence-electron chi connectivity index (χ3n) is 4.92. The molecule has 0 unspecified atom stereocenters. The molecule has 1 spiro atoms. The van der Waals surface area contributed by atoms with Crippen molar-refractivity contribution in [2.24, 2.45) is 5.73 Å². The van der Waals surface area contributed by atoms with Gasteiger partial charge in [-0.2, -0.15) is 0 Å². The molecule has 4 rings (SSSR count). The molecule has 2 heterocycles. The second-order valence-electron chi connectivity index (χ2n) is 6.57. The minimum Gasteiger partial charge on any atom is -0.507 e. The summed E-state index contributed by atoms with van der Waals surface area (Å²) in [4.78, 5) is 11.3. The Balaban J connectivity index is 1.85. The van der Waals surface area contributed by atoms with E-state index >= 15 is 0 Å². The van der Waals surface area contributed by atoms with Crippen molar-refractivity contribution in [2.75, 3.05) is 13.1 Å². The fourth-order valence-electron chi connectivity index (χ4n) is 3.60. The normalized spacial score (nSPS) is 18.2. The zero-order valence-corrected chi connectivity index (χ0v) is 13.8. The molecule has 5 heteroatoms. The van der Waals surface area contributed by atoms with Gasteiger partial charge in [0.05, 0.1) is 5.56 Å². The molecular formula is C20H20N2O3. The Labute approximate surface area is 146 Å². The second kappa shape index (κ2) is 5.93. The Kier molecular flexibility index (Phi) is 3.73. The van der Waals surface area contributed by atoms with Crippen LogP contribution in [0, 0.1) is 0 Å². The average Bonchev–Trinajstić information content (AvgIpc) is 2.62. The number of fused-ring (bicyclic) bond motifs is 1. The molecule has 2 aromatic rings. The summed E-state index contributed by atoms with van der Waals surface area (Å²) < 4.78 is 6.30. The monoisotopic (exact) mass is 336 g/mol. The fourth-order valence-corrected chi connectivity index (χ4v) is 3.60. The highest BCUT2D eigenvalue weighted by Crippen LogP contribution is 2.46. The van der Waals surface area contributed by atoms with Crippen molar-refractivity contribution in [2.45, 2.75) is 18.4 Å². The molecule has 1 fully saturated rings. The minimum atomic E-state index is -0.453. The number of benzene rings is 2. The van der Waals surface area contributed by atoms with Gasteiger partial charge >= 0.3 is 0 Å². The number of ether oxygens (including phenoxy) is 1. The van der Waals surface area contributed by atoms with Gasteiger partial charge in [0.1, 0.15) is 17.1 Å². The Morgan fingerprint density at radius 1 is 1.12 bits per heavy atom. The number of nitrogens with two attached hydrogens (primary N) is 1. The second-order valence-corrected chi connectivity index (χ2v) is 6.57. The van der Waals surface area contributed by atoms with E-state index < -0.39 is 5.91 Å². The molecule has 5 nitrogen and oxygen atoms in total. The number of piperidine rings is 1. The quantitative estimate of drug-likeness (QED) is 0.786. The highest BCUT2D eigenvalue weighted by atomic mass is 16.5. The fraction of sp³-hybridized carbons (Fsp3) is 0.250. The van der Waals surface area contributed by atoms with Gasteiger partial charge in [0, 0.05) is 18.4 Å². The van der Waals surface area contributed by atoms with Crippen LogP contribution in [0.15, 0.2) is 48.5 Å². The van der Waals surface area contributed by atoms with Crippen LogP contribution in [-0.2, 0) is 0 Å². The Bertz CT molecular complexity index is 850. The summed E-state index contributed by atoms with van der Waals surface area (Å²) in [5.41, 5.74) is 7.97. The first-order valence-electron chi connectivity index (χ1n) is 8.43. The molecule has 0 bridgehead atoms. The number of rotatable bonds is 2. The summed E-state index contributed by atoms with van der Waals surface area (Å²) in [5.74, 6) is 0.426. The van der Waals surface area contributed by atoms with E-state index in [-0.39, 0.29) is 11.4 Å². The minimum absolute atomic E-state index is 0.187. The molecule has 25 heavy (non-hydrogen) atoms. The van der Waals surface area contributed by atoms with Crippen LogP contribution in [0.4, 0.5) is 0 Å². The molecule has 2 aliphatic heterocycles. The lowest BCUT2D eigenvalue weighted by molar-refractivity contribution is 0.0813. The first kappa shape index (κ1) is 15.7. The lowest BCUT2D eigenvalue weighted by Crippen LogP contribution is -2.46. The highest BCUT2D eigenvalue weighted by Gasteiger charge is 2.37. The predicted octanol–water partition coefficient (Wildman–Crippen LogP) is 2.44. The van der Waals surface area contributed by atoms with Gasteiger partial charge in [0.15, 0.2) is 0 Å². The molecule has 0 atom stereocenters. The van der Waals surface area contributed by atoms with Crippen LogP contribution in [-0.4, -0.2) is 29.7 Å². The number of nitrogens with one attached hydrogen (secondary N) is 1. The molecule has 4 N–H and O–H groups in total. The molecule has 128 valence electrons. The third kappa shape index (κ3) is 2.76. The van der Waals surface area contributed by atoms with E-state index in [0.717, 1.165) is 37.1 Å². The summed E-state index contributed by atoms with van der Waals surface area (Å²) >= 11 is 0. The maximum atomic E-state index is 11.3. The molecule has 0 aliphatic carbocycles. The summed E-state index contributed by atoms with van der Waals surface area (Å²) in [6, 6.07) is 12.5. The first-order valence-corrected chi connectivity index (χ1v) is 8.43. The van der Waals surface area contributed by atoms with Crippen molar-refractivity contribution in [1.82, 2.24) is 5.32 Å². The largest absolute Gasteiger partial charge is 0.507 e. The van der Waals surface area contributed by atoms with Gasteiger partial charge in [-0.05, 0) is 54.6 Å². The molecule has 0 radical (unpaired) electrons. The number of carbonyl (C=O) groups is 1. The van der Waals surface area contributed by atoms with E-state index in [4.69, 9.17) is 10.5 Å². The predicted molar refractivity (Wildman–Crippen MR) is 95.6 cm³/mol. The average molecular weight is 336 g/mol. The Morgan fingerprint density at radius 2 is 1.84 bits per heavy atom. The Hall–Kier alpha value is -2.79. The van der Waals surface area contributed by atoms with Crippen molar-refractivity contribution in [1.29, 1.82) is 0 Å². The van der Waals surface area contributed by atoms with E-state index in [1.165, 1.54) is 0 Å². The van der Waals surface area contributed by atoms with Gasteiger partial charge < -0.3 is 20.9 Å². The van der Waals surface area contributed by atoms with Crippen LogP contribution in [0.3, 0.4) is 0 Å². The number of hydrogen-bond acceptors (Lipinski definition) is 4. The number of carbonyl (C=O) groups excluding carboxylic acids is 1. The van der Waals surface area contributed by atoms with E-state index in [1.807, 2.05) is 18.2 Å². The number of phenolic OH excluding ortho intramolecular Hbond substituents is 1. The third-order valence-corrected chi connectivity index (χ3v) is 4.92. The smallest absolute Gasteiger partial charge is 0.248 e. The van der Waals surface area contributed by atoms with Gasteiger partial charge in [-0.15, -0.1) is 0 Å². The number of hydrogen-bond donors (Lipinski definition) is 3. The van der Waals surface area contributed by atoms with Gasteiger partial charge in [0.25, 0.3) is 0 Å². The zero-order valence-electron chi connectivity index (χ0n) is 13.8. The lowest BCUT2D eigenvalue weighted by atomic mass is 9.83. The number of phenols is 1. The molecule has 1 amide bonds. The Morgan fingerprint density at radius 3 is 2.52 bits per heavy atom. The number of amides is 1. The highest BCUT2D eigenvalue weighted by molar-refractivity contribution is 5.94. The standard InChI is InChI=1S/C20H20N2O3/c21-19(24)14-6-4-13(5-7-14)15-12-20(8-10-22-11-9-20)25-17-3-1-2-16(23)18(15)17/h1-7,12,22-23H,8-11H2,(H2,21,24). The summed E-state index contributed by atoms with van der Waals surface area (Å²) in [7, 11) is 0. The topological polar surface area (TPSA) is 84.6 Å². The van der Waals surface area contributed by atoms with Gasteiger partial charge in [-0.25, -0.2) is 0 Å². The van der Waals surface area contributed by atoms with Crippen LogP contribution in [0.25, 0.3) is 5.57 Å². The zero-order chi connectivity index (χ0) is 17.4. The van der Waals surface area contributed by atoms with Crippen LogP contribution >= 0.6 is 0 Å². The maximum absolute atomic E-state index is 11.3. The number of aromatic hydroxyl groups is 1. The molecular weight excluding hydrogens is 316 g/mol. The SMILES string of the molecule is NC(=O)c1ccc(C2=CC3(CCNCC3)Oc3cccc(O)c32)cc1. The van der Waals surface area contributed by atoms with Crippen molar-refractivity contribution in [3.05, 3.63) is 65.2 Å². The van der Waals surface area contributed by atoms with E-state index in [0.29, 0.717) is 16.9 Å². The van der Waals surface area contributed by atoms with Crippen LogP contribution in [0.5, 0.6) is 11.5 Å². The van der Waals surface area contributed by atoms with Gasteiger partial charge in [-0.3, -0.25) is 4.79 Å². The van der Waals surface area contributed by atoms with Crippen LogP contribution in [0.2, 0.25) is 0 Å². The van der Waals surface area contributed by atoms with E-state index in [2.05, 4.69) is 11.4 Å². The molecule has 2 aromatic carbocycles. The van der Waals surface area contributed by atoms with Crippen LogP contribution < -0.4 is 15.8 Å². The number of primary amides is 1. The van der Waals surface area contributed by atoms with Crippen molar-refractivity contribution in [3.8, 4) is 11.5 Å². The van der Waals surface area contributed by atoms with Crippen molar-refractivity contribution in [3.63, 3.8) is 0 Å². The summed E-state index contributed by atoms with van der Waals surface area (Å²) in [5, 5.41) is 13.8. The maximum Gasteiger partial charge on any atom is 0.248 e. The molecule has 0 saturated carbocycles. The van der Waals surface area contributed by atoms with Crippen molar-refractivity contribution < 1.29 is 14.6 Å².